The predicted octanol–water partition coefficient (Wildman–Crippen LogP) is 3.07. The van der Waals surface area contributed by atoms with Gasteiger partial charge in [-0.1, -0.05) is 38.5 Å². The molecular formula is C14H21NO. The van der Waals surface area contributed by atoms with Gasteiger partial charge in [0.05, 0.1) is 0 Å². The second-order valence-corrected chi connectivity index (χ2v) is 5.84. The third-order valence-electron chi connectivity index (χ3n) is 2.99. The van der Waals surface area contributed by atoms with E-state index in [4.69, 9.17) is 4.74 Å². The summed E-state index contributed by atoms with van der Waals surface area (Å²) in [5, 5.41) is 0. The Labute approximate surface area is 98.2 Å². The molecule has 88 valence electrons. The standard InChI is InChI=1S/C14H21NO/c1-10-6-11-8-15(5)9-16-13(11)12(7-10)14(2,3)4/h6-7H,8-9H2,1-5H3. The van der Waals surface area contributed by atoms with Gasteiger partial charge >= 0.3 is 0 Å². The first-order valence-electron chi connectivity index (χ1n) is 5.83. The van der Waals surface area contributed by atoms with Crippen LogP contribution in [0.3, 0.4) is 0 Å². The summed E-state index contributed by atoms with van der Waals surface area (Å²) in [6.07, 6.45) is 0. The van der Waals surface area contributed by atoms with E-state index in [0.717, 1.165) is 12.3 Å². The monoisotopic (exact) mass is 219 g/mol. The van der Waals surface area contributed by atoms with Crippen molar-refractivity contribution in [3.05, 3.63) is 28.8 Å². The molecule has 0 unspecified atom stereocenters. The van der Waals surface area contributed by atoms with Crippen molar-refractivity contribution in [2.24, 2.45) is 0 Å². The van der Waals surface area contributed by atoms with Crippen molar-refractivity contribution in [1.29, 1.82) is 0 Å². The van der Waals surface area contributed by atoms with Crippen LogP contribution in [0.4, 0.5) is 0 Å². The zero-order chi connectivity index (χ0) is 11.9. The predicted molar refractivity (Wildman–Crippen MR) is 66.8 cm³/mol. The maximum Gasteiger partial charge on any atom is 0.142 e. The molecule has 0 aliphatic carbocycles. The second-order valence-electron chi connectivity index (χ2n) is 5.84. The van der Waals surface area contributed by atoms with Gasteiger partial charge in [0.2, 0.25) is 0 Å². The van der Waals surface area contributed by atoms with Gasteiger partial charge in [0.15, 0.2) is 0 Å². The molecule has 16 heavy (non-hydrogen) atoms. The molecule has 0 bridgehead atoms. The molecule has 1 aliphatic heterocycles. The lowest BCUT2D eigenvalue weighted by molar-refractivity contribution is 0.119. The Morgan fingerprint density at radius 1 is 1.25 bits per heavy atom. The maximum atomic E-state index is 5.87. The first-order valence-corrected chi connectivity index (χ1v) is 5.83. The van der Waals surface area contributed by atoms with Gasteiger partial charge in [0.25, 0.3) is 0 Å². The summed E-state index contributed by atoms with van der Waals surface area (Å²) >= 11 is 0. The van der Waals surface area contributed by atoms with Crippen molar-refractivity contribution >= 4 is 0 Å². The minimum atomic E-state index is 0.145. The molecule has 2 heteroatoms. The molecule has 1 aromatic carbocycles. The van der Waals surface area contributed by atoms with E-state index >= 15 is 0 Å². The maximum absolute atomic E-state index is 5.87. The zero-order valence-electron chi connectivity index (χ0n) is 10.9. The molecule has 0 amide bonds. The Bertz CT molecular complexity index is 404. The number of ether oxygens (including phenoxy) is 1. The molecule has 0 N–H and O–H groups in total. The van der Waals surface area contributed by atoms with Crippen LogP contribution in [-0.2, 0) is 12.0 Å². The molecule has 0 spiro atoms. The fourth-order valence-corrected chi connectivity index (χ4v) is 2.20. The second kappa shape index (κ2) is 3.77. The smallest absolute Gasteiger partial charge is 0.142 e. The third-order valence-corrected chi connectivity index (χ3v) is 2.99. The topological polar surface area (TPSA) is 12.5 Å². The molecule has 0 aromatic heterocycles. The third kappa shape index (κ3) is 2.07. The highest BCUT2D eigenvalue weighted by atomic mass is 16.5. The van der Waals surface area contributed by atoms with Crippen LogP contribution >= 0.6 is 0 Å². The largest absolute Gasteiger partial charge is 0.477 e. The van der Waals surface area contributed by atoms with E-state index in [1.165, 1.54) is 16.7 Å². The SMILES string of the molecule is Cc1cc2c(c(C(C)(C)C)c1)OCN(C)C2. The van der Waals surface area contributed by atoms with Crippen LogP contribution in [0.2, 0.25) is 0 Å². The van der Waals surface area contributed by atoms with E-state index in [1.54, 1.807) is 0 Å². The van der Waals surface area contributed by atoms with Gasteiger partial charge in [-0.2, -0.15) is 0 Å². The Morgan fingerprint density at radius 2 is 1.94 bits per heavy atom. The Hall–Kier alpha value is -1.02. The minimum Gasteiger partial charge on any atom is -0.477 e. The van der Waals surface area contributed by atoms with Crippen molar-refractivity contribution < 1.29 is 4.74 Å². The molecule has 2 nitrogen and oxygen atoms in total. The van der Waals surface area contributed by atoms with E-state index in [1.807, 2.05) is 0 Å². The summed E-state index contributed by atoms with van der Waals surface area (Å²) in [4.78, 5) is 2.19. The summed E-state index contributed by atoms with van der Waals surface area (Å²) in [5.74, 6) is 1.11. The van der Waals surface area contributed by atoms with E-state index in [0.29, 0.717) is 6.73 Å². The van der Waals surface area contributed by atoms with Crippen LogP contribution in [0.15, 0.2) is 12.1 Å². The number of fused-ring (bicyclic) bond motifs is 1. The highest BCUT2D eigenvalue weighted by Crippen LogP contribution is 2.37. The quantitative estimate of drug-likeness (QED) is 0.665. The van der Waals surface area contributed by atoms with E-state index < -0.39 is 0 Å². The molecule has 2 rings (SSSR count). The Kier molecular flexibility index (Phi) is 2.70. The Morgan fingerprint density at radius 3 is 2.56 bits per heavy atom. The van der Waals surface area contributed by atoms with Crippen molar-refractivity contribution in [2.45, 2.75) is 39.7 Å². The molecule has 0 saturated heterocycles. The van der Waals surface area contributed by atoms with Gasteiger partial charge in [0.1, 0.15) is 12.5 Å². The van der Waals surface area contributed by atoms with Crippen LogP contribution in [0.5, 0.6) is 5.75 Å². The summed E-state index contributed by atoms with van der Waals surface area (Å²) in [6, 6.07) is 4.49. The van der Waals surface area contributed by atoms with E-state index in [-0.39, 0.29) is 5.41 Å². The van der Waals surface area contributed by atoms with Crippen LogP contribution in [0, 0.1) is 6.92 Å². The van der Waals surface area contributed by atoms with E-state index in [2.05, 4.69) is 51.8 Å². The van der Waals surface area contributed by atoms with Crippen molar-refractivity contribution in [3.63, 3.8) is 0 Å². The molecule has 0 atom stereocenters. The summed E-state index contributed by atoms with van der Waals surface area (Å²) in [7, 11) is 2.09. The first-order chi connectivity index (χ1) is 7.38. The number of benzene rings is 1. The van der Waals surface area contributed by atoms with Crippen LogP contribution in [0.25, 0.3) is 0 Å². The molecule has 1 aromatic rings. The average Bonchev–Trinajstić information content (AvgIpc) is 2.14. The lowest BCUT2D eigenvalue weighted by Gasteiger charge is -2.31. The van der Waals surface area contributed by atoms with Crippen LogP contribution in [-0.4, -0.2) is 18.7 Å². The molecular weight excluding hydrogens is 198 g/mol. The minimum absolute atomic E-state index is 0.145. The van der Waals surface area contributed by atoms with Crippen LogP contribution < -0.4 is 4.74 Å². The number of hydrogen-bond donors (Lipinski definition) is 0. The fourth-order valence-electron chi connectivity index (χ4n) is 2.20. The molecule has 1 heterocycles. The van der Waals surface area contributed by atoms with Gasteiger partial charge in [-0.25, -0.2) is 0 Å². The molecule has 0 radical (unpaired) electrons. The fraction of sp³-hybridized carbons (Fsp3) is 0.571. The lowest BCUT2D eigenvalue weighted by atomic mass is 9.84. The molecule has 1 aliphatic rings. The van der Waals surface area contributed by atoms with E-state index in [9.17, 15) is 0 Å². The highest BCUT2D eigenvalue weighted by molar-refractivity contribution is 5.48. The molecule has 0 saturated carbocycles. The zero-order valence-corrected chi connectivity index (χ0v) is 10.9. The number of hydrogen-bond acceptors (Lipinski definition) is 2. The van der Waals surface area contributed by atoms with Crippen molar-refractivity contribution in [3.8, 4) is 5.75 Å². The lowest BCUT2D eigenvalue weighted by Crippen LogP contribution is -2.30. The van der Waals surface area contributed by atoms with Gasteiger partial charge in [-0.3, -0.25) is 4.90 Å². The van der Waals surface area contributed by atoms with Crippen molar-refractivity contribution in [1.82, 2.24) is 4.90 Å². The number of nitrogens with zero attached hydrogens (tertiary/aromatic N) is 1. The number of aryl methyl sites for hydroxylation is 1. The first kappa shape index (κ1) is 11.5. The van der Waals surface area contributed by atoms with Gasteiger partial charge in [0, 0.05) is 17.7 Å². The normalized spacial score (nSPS) is 16.8. The van der Waals surface area contributed by atoms with Crippen molar-refractivity contribution in [2.75, 3.05) is 13.8 Å². The van der Waals surface area contributed by atoms with Gasteiger partial charge < -0.3 is 4.74 Å². The highest BCUT2D eigenvalue weighted by Gasteiger charge is 2.25. The Balaban J connectivity index is 2.54. The summed E-state index contributed by atoms with van der Waals surface area (Å²) < 4.78 is 5.87. The number of rotatable bonds is 0. The van der Waals surface area contributed by atoms with Gasteiger partial charge in [-0.05, 0) is 19.4 Å². The van der Waals surface area contributed by atoms with Gasteiger partial charge in [-0.15, -0.1) is 0 Å². The molecule has 0 fully saturated rings. The summed E-state index contributed by atoms with van der Waals surface area (Å²) in [6.45, 7) is 10.6. The van der Waals surface area contributed by atoms with Crippen LogP contribution in [0.1, 0.15) is 37.5 Å². The summed E-state index contributed by atoms with van der Waals surface area (Å²) in [5.41, 5.74) is 4.11. The average molecular weight is 219 g/mol.